The van der Waals surface area contributed by atoms with E-state index in [9.17, 15) is 9.59 Å². The van der Waals surface area contributed by atoms with Gasteiger partial charge in [0.1, 0.15) is 0 Å². The van der Waals surface area contributed by atoms with E-state index in [1.165, 1.54) is 6.07 Å². The maximum Gasteiger partial charge on any atom is 0.336 e. The zero-order valence-corrected chi connectivity index (χ0v) is 9.20. The number of rotatable bonds is 3. The second-order valence-corrected chi connectivity index (χ2v) is 3.27. The summed E-state index contributed by atoms with van der Waals surface area (Å²) in [5.41, 5.74) is 1.24. The molecule has 0 heterocycles. The highest BCUT2D eigenvalue weighted by molar-refractivity contribution is 5.95. The van der Waals surface area contributed by atoms with Gasteiger partial charge in [-0.2, -0.15) is 0 Å². The van der Waals surface area contributed by atoms with Gasteiger partial charge in [-0.25, -0.2) is 9.59 Å². The molecule has 2 amide bonds. The van der Waals surface area contributed by atoms with Crippen LogP contribution in [0.15, 0.2) is 18.2 Å². The molecule has 0 aliphatic heterocycles. The van der Waals surface area contributed by atoms with Crippen LogP contribution in [-0.2, 0) is 0 Å². The highest BCUT2D eigenvalue weighted by Crippen LogP contribution is 2.18. The minimum absolute atomic E-state index is 0.189. The number of carboxylic acid groups (broad SMARTS) is 1. The highest BCUT2D eigenvalue weighted by Gasteiger charge is 2.11. The van der Waals surface area contributed by atoms with Crippen LogP contribution in [0.3, 0.4) is 0 Å². The number of nitrogens with one attached hydrogen (secondary N) is 2. The van der Waals surface area contributed by atoms with Crippen molar-refractivity contribution in [3.63, 3.8) is 0 Å². The molecule has 86 valence electrons. The maximum atomic E-state index is 11.3. The fourth-order valence-electron chi connectivity index (χ4n) is 1.33. The van der Waals surface area contributed by atoms with Gasteiger partial charge < -0.3 is 15.7 Å². The molecule has 0 aromatic heterocycles. The van der Waals surface area contributed by atoms with Gasteiger partial charge in [0, 0.05) is 12.2 Å². The second-order valence-electron chi connectivity index (χ2n) is 3.27. The molecule has 16 heavy (non-hydrogen) atoms. The number of anilines is 1. The minimum Gasteiger partial charge on any atom is -0.478 e. The number of aromatic carboxylic acids is 1. The summed E-state index contributed by atoms with van der Waals surface area (Å²) < 4.78 is 0. The summed E-state index contributed by atoms with van der Waals surface area (Å²) >= 11 is 0. The third kappa shape index (κ3) is 2.73. The Morgan fingerprint density at radius 1 is 1.38 bits per heavy atom. The van der Waals surface area contributed by atoms with E-state index in [4.69, 9.17) is 5.11 Å². The molecule has 5 heteroatoms. The number of hydrogen-bond donors (Lipinski definition) is 3. The lowest BCUT2D eigenvalue weighted by molar-refractivity contribution is 0.0696. The Hall–Kier alpha value is -2.04. The van der Waals surface area contributed by atoms with Crippen molar-refractivity contribution in [3.8, 4) is 0 Å². The molecular weight excluding hydrogens is 208 g/mol. The number of urea groups is 1. The molecule has 0 saturated carbocycles. The Balaban J connectivity index is 2.93. The van der Waals surface area contributed by atoms with Gasteiger partial charge in [-0.15, -0.1) is 0 Å². The summed E-state index contributed by atoms with van der Waals surface area (Å²) in [6.45, 7) is 3.98. The van der Waals surface area contributed by atoms with E-state index >= 15 is 0 Å². The number of amides is 2. The monoisotopic (exact) mass is 222 g/mol. The van der Waals surface area contributed by atoms with Crippen molar-refractivity contribution in [1.82, 2.24) is 5.32 Å². The lowest BCUT2D eigenvalue weighted by Gasteiger charge is -2.10. The molecule has 0 radical (unpaired) electrons. The van der Waals surface area contributed by atoms with Crippen LogP contribution in [0.25, 0.3) is 0 Å². The van der Waals surface area contributed by atoms with E-state index < -0.39 is 5.97 Å². The van der Waals surface area contributed by atoms with Crippen molar-refractivity contribution in [2.45, 2.75) is 13.8 Å². The standard InChI is InChI=1S/C11H14N2O3/c1-3-12-11(16)13-9-6-4-5-8(7(9)2)10(14)15/h4-6H,3H2,1-2H3,(H,14,15)(H2,12,13,16). The molecule has 0 bridgehead atoms. The van der Waals surface area contributed by atoms with Gasteiger partial charge in [-0.05, 0) is 31.5 Å². The summed E-state index contributed by atoms with van der Waals surface area (Å²) in [5.74, 6) is -1.00. The van der Waals surface area contributed by atoms with Crippen LogP contribution in [0, 0.1) is 6.92 Å². The van der Waals surface area contributed by atoms with Crippen molar-refractivity contribution >= 4 is 17.7 Å². The summed E-state index contributed by atoms with van der Waals surface area (Å²) in [4.78, 5) is 22.1. The predicted octanol–water partition coefficient (Wildman–Crippen LogP) is 1.83. The van der Waals surface area contributed by atoms with Crippen LogP contribution in [0.4, 0.5) is 10.5 Å². The van der Waals surface area contributed by atoms with E-state index in [-0.39, 0.29) is 11.6 Å². The third-order valence-corrected chi connectivity index (χ3v) is 2.15. The summed E-state index contributed by atoms with van der Waals surface area (Å²) in [6, 6.07) is 4.42. The smallest absolute Gasteiger partial charge is 0.336 e. The number of carbonyl (C=O) groups excluding carboxylic acids is 1. The largest absolute Gasteiger partial charge is 0.478 e. The Morgan fingerprint density at radius 3 is 2.62 bits per heavy atom. The Kier molecular flexibility index (Phi) is 3.88. The lowest BCUT2D eigenvalue weighted by Crippen LogP contribution is -2.28. The summed E-state index contributed by atoms with van der Waals surface area (Å²) in [7, 11) is 0. The van der Waals surface area contributed by atoms with E-state index in [1.807, 2.05) is 0 Å². The molecule has 5 nitrogen and oxygen atoms in total. The first-order valence-corrected chi connectivity index (χ1v) is 4.94. The molecule has 0 spiro atoms. The van der Waals surface area contributed by atoms with Gasteiger partial charge in [0.15, 0.2) is 0 Å². The molecule has 1 aromatic rings. The zero-order valence-electron chi connectivity index (χ0n) is 9.20. The quantitative estimate of drug-likeness (QED) is 0.730. The maximum absolute atomic E-state index is 11.3. The van der Waals surface area contributed by atoms with E-state index in [0.717, 1.165) is 0 Å². The van der Waals surface area contributed by atoms with Crippen molar-refractivity contribution < 1.29 is 14.7 Å². The van der Waals surface area contributed by atoms with Gasteiger partial charge in [0.05, 0.1) is 5.56 Å². The van der Waals surface area contributed by atoms with Gasteiger partial charge in [0.25, 0.3) is 0 Å². The normalized spacial score (nSPS) is 9.62. The SMILES string of the molecule is CCNC(=O)Nc1cccc(C(=O)O)c1C. The summed E-state index contributed by atoms with van der Waals surface area (Å²) in [5, 5.41) is 14.1. The predicted molar refractivity (Wildman–Crippen MR) is 60.8 cm³/mol. The van der Waals surface area contributed by atoms with Crippen LogP contribution in [0.2, 0.25) is 0 Å². The number of hydrogen-bond acceptors (Lipinski definition) is 2. The zero-order chi connectivity index (χ0) is 12.1. The minimum atomic E-state index is -1.00. The molecule has 0 fully saturated rings. The molecular formula is C11H14N2O3. The van der Waals surface area contributed by atoms with Crippen molar-refractivity contribution in [3.05, 3.63) is 29.3 Å². The molecule has 1 rings (SSSR count). The molecule has 3 N–H and O–H groups in total. The average Bonchev–Trinajstić information content (AvgIpc) is 2.21. The number of carbonyl (C=O) groups is 2. The van der Waals surface area contributed by atoms with Gasteiger partial charge in [-0.1, -0.05) is 6.07 Å². The molecule has 0 aliphatic carbocycles. The van der Waals surface area contributed by atoms with Crippen LogP contribution < -0.4 is 10.6 Å². The molecule has 1 aromatic carbocycles. The van der Waals surface area contributed by atoms with Crippen LogP contribution in [-0.4, -0.2) is 23.7 Å². The van der Waals surface area contributed by atoms with Gasteiger partial charge in [0.2, 0.25) is 0 Å². The van der Waals surface area contributed by atoms with Crippen LogP contribution in [0.5, 0.6) is 0 Å². The number of benzene rings is 1. The number of carboxylic acids is 1. The second kappa shape index (κ2) is 5.16. The van der Waals surface area contributed by atoms with Gasteiger partial charge >= 0.3 is 12.0 Å². The first-order chi connectivity index (χ1) is 7.56. The molecule has 0 saturated heterocycles. The topological polar surface area (TPSA) is 78.4 Å². The molecule has 0 aliphatic rings. The Labute approximate surface area is 93.5 Å². The van der Waals surface area contributed by atoms with Gasteiger partial charge in [-0.3, -0.25) is 0 Å². The van der Waals surface area contributed by atoms with Crippen molar-refractivity contribution in [1.29, 1.82) is 0 Å². The van der Waals surface area contributed by atoms with E-state index in [1.54, 1.807) is 26.0 Å². The fraction of sp³-hybridized carbons (Fsp3) is 0.273. The Bertz CT molecular complexity index is 416. The fourth-order valence-corrected chi connectivity index (χ4v) is 1.33. The Morgan fingerprint density at radius 2 is 2.06 bits per heavy atom. The van der Waals surface area contributed by atoms with E-state index in [2.05, 4.69) is 10.6 Å². The molecule has 0 unspecified atom stereocenters. The first-order valence-electron chi connectivity index (χ1n) is 4.94. The van der Waals surface area contributed by atoms with Crippen LogP contribution >= 0.6 is 0 Å². The average molecular weight is 222 g/mol. The molecule has 0 atom stereocenters. The first kappa shape index (κ1) is 12.0. The lowest BCUT2D eigenvalue weighted by atomic mass is 10.1. The summed E-state index contributed by atoms with van der Waals surface area (Å²) in [6.07, 6.45) is 0. The third-order valence-electron chi connectivity index (χ3n) is 2.15. The highest BCUT2D eigenvalue weighted by atomic mass is 16.4. The van der Waals surface area contributed by atoms with E-state index in [0.29, 0.717) is 17.8 Å². The van der Waals surface area contributed by atoms with Crippen molar-refractivity contribution in [2.24, 2.45) is 0 Å². The van der Waals surface area contributed by atoms with Crippen LogP contribution in [0.1, 0.15) is 22.8 Å². The van der Waals surface area contributed by atoms with Crippen molar-refractivity contribution in [2.75, 3.05) is 11.9 Å².